The number of aromatic hydroxyl groups is 1. The molecule has 1 aromatic carbocycles. The first-order valence-electron chi connectivity index (χ1n) is 5.85. The van der Waals surface area contributed by atoms with Crippen LogP contribution in [0.15, 0.2) is 36.5 Å². The predicted molar refractivity (Wildman–Crippen MR) is 66.6 cm³/mol. The van der Waals surface area contributed by atoms with Gasteiger partial charge in [0.05, 0.1) is 5.69 Å². The maximum absolute atomic E-state index is 13.6. The van der Waals surface area contributed by atoms with Crippen molar-refractivity contribution in [2.24, 2.45) is 5.73 Å². The van der Waals surface area contributed by atoms with Crippen LogP contribution in [-0.2, 0) is 0 Å². The quantitative estimate of drug-likeness (QED) is 0.852. The van der Waals surface area contributed by atoms with E-state index in [0.29, 0.717) is 17.2 Å². The number of nitrogens with two attached hydrogens (primary N) is 1. The zero-order valence-corrected chi connectivity index (χ0v) is 9.68. The monoisotopic (exact) mass is 244 g/mol. The third kappa shape index (κ3) is 1.95. The summed E-state index contributed by atoms with van der Waals surface area (Å²) in [6, 6.07) is 7.84. The SMILES string of the molecule is N[C@@H]1C[C@H]1c1ccc(-c2cc(O)ccc2F)nc1. The smallest absolute Gasteiger partial charge is 0.132 e. The van der Waals surface area contributed by atoms with Crippen LogP contribution in [0.3, 0.4) is 0 Å². The molecule has 3 rings (SSSR count). The second kappa shape index (κ2) is 4.07. The van der Waals surface area contributed by atoms with Crippen LogP contribution >= 0.6 is 0 Å². The molecule has 0 amide bonds. The summed E-state index contributed by atoms with van der Waals surface area (Å²) in [5, 5.41) is 9.38. The Morgan fingerprint density at radius 1 is 1.28 bits per heavy atom. The van der Waals surface area contributed by atoms with Crippen LogP contribution in [0, 0.1) is 5.82 Å². The van der Waals surface area contributed by atoms with Gasteiger partial charge in [0, 0.05) is 23.7 Å². The van der Waals surface area contributed by atoms with Crippen molar-refractivity contribution in [1.29, 1.82) is 0 Å². The van der Waals surface area contributed by atoms with Gasteiger partial charge in [0.25, 0.3) is 0 Å². The lowest BCUT2D eigenvalue weighted by Crippen LogP contribution is -2.01. The highest BCUT2D eigenvalue weighted by Gasteiger charge is 2.34. The van der Waals surface area contributed by atoms with Crippen LogP contribution in [-0.4, -0.2) is 16.1 Å². The molecule has 1 aliphatic carbocycles. The van der Waals surface area contributed by atoms with Gasteiger partial charge in [-0.05, 0) is 36.2 Å². The normalized spacial score (nSPS) is 21.9. The van der Waals surface area contributed by atoms with Gasteiger partial charge in [0.1, 0.15) is 11.6 Å². The van der Waals surface area contributed by atoms with Gasteiger partial charge in [-0.15, -0.1) is 0 Å². The van der Waals surface area contributed by atoms with Crippen LogP contribution in [0.5, 0.6) is 5.75 Å². The molecule has 3 N–H and O–H groups in total. The van der Waals surface area contributed by atoms with Gasteiger partial charge in [-0.1, -0.05) is 6.07 Å². The van der Waals surface area contributed by atoms with Gasteiger partial charge in [-0.3, -0.25) is 4.98 Å². The Bertz CT molecular complexity index is 583. The molecule has 0 spiro atoms. The molecule has 2 aromatic rings. The summed E-state index contributed by atoms with van der Waals surface area (Å²) in [7, 11) is 0. The second-order valence-electron chi connectivity index (χ2n) is 4.65. The van der Waals surface area contributed by atoms with E-state index in [1.54, 1.807) is 12.3 Å². The Kier molecular flexibility index (Phi) is 2.52. The Hall–Kier alpha value is -1.94. The Morgan fingerprint density at radius 2 is 2.06 bits per heavy atom. The fraction of sp³-hybridized carbons (Fsp3) is 0.214. The minimum atomic E-state index is -0.392. The van der Waals surface area contributed by atoms with Crippen molar-refractivity contribution in [3.05, 3.63) is 47.9 Å². The molecule has 3 nitrogen and oxygen atoms in total. The van der Waals surface area contributed by atoms with Gasteiger partial charge in [-0.2, -0.15) is 0 Å². The van der Waals surface area contributed by atoms with E-state index in [9.17, 15) is 9.50 Å². The van der Waals surface area contributed by atoms with E-state index >= 15 is 0 Å². The predicted octanol–water partition coefficient (Wildman–Crippen LogP) is 2.41. The number of halogens is 1. The average Bonchev–Trinajstić information content (AvgIpc) is 3.10. The van der Waals surface area contributed by atoms with Gasteiger partial charge in [-0.25, -0.2) is 4.39 Å². The summed E-state index contributed by atoms with van der Waals surface area (Å²) in [4.78, 5) is 4.24. The van der Waals surface area contributed by atoms with Crippen LogP contribution in [0.4, 0.5) is 4.39 Å². The molecule has 1 aromatic heterocycles. The van der Waals surface area contributed by atoms with E-state index in [-0.39, 0.29) is 11.8 Å². The van der Waals surface area contributed by atoms with Crippen molar-refractivity contribution >= 4 is 0 Å². The Balaban J connectivity index is 1.94. The fourth-order valence-corrected chi connectivity index (χ4v) is 2.09. The van der Waals surface area contributed by atoms with Gasteiger partial charge in [0.2, 0.25) is 0 Å². The molecule has 0 unspecified atom stereocenters. The molecule has 1 heterocycles. The maximum Gasteiger partial charge on any atom is 0.132 e. The first kappa shape index (κ1) is 11.2. The Labute approximate surface area is 104 Å². The molecule has 0 radical (unpaired) electrons. The van der Waals surface area contributed by atoms with Crippen molar-refractivity contribution in [2.45, 2.75) is 18.4 Å². The van der Waals surface area contributed by atoms with Gasteiger partial charge in [0.15, 0.2) is 0 Å². The van der Waals surface area contributed by atoms with Crippen molar-refractivity contribution in [3.63, 3.8) is 0 Å². The number of aromatic nitrogens is 1. The molecule has 2 atom stereocenters. The zero-order chi connectivity index (χ0) is 12.7. The molecule has 4 heteroatoms. The summed E-state index contributed by atoms with van der Waals surface area (Å²) in [6.45, 7) is 0. The molecule has 1 saturated carbocycles. The van der Waals surface area contributed by atoms with Crippen molar-refractivity contribution in [2.75, 3.05) is 0 Å². The second-order valence-corrected chi connectivity index (χ2v) is 4.65. The number of phenolic OH excluding ortho intramolecular Hbond substituents is 1. The van der Waals surface area contributed by atoms with Gasteiger partial charge >= 0.3 is 0 Å². The largest absolute Gasteiger partial charge is 0.508 e. The van der Waals surface area contributed by atoms with Crippen LogP contribution in [0.25, 0.3) is 11.3 Å². The third-order valence-electron chi connectivity index (χ3n) is 3.28. The minimum absolute atomic E-state index is 0.0292. The highest BCUT2D eigenvalue weighted by molar-refractivity contribution is 5.62. The number of phenols is 1. The van der Waals surface area contributed by atoms with E-state index in [0.717, 1.165) is 12.0 Å². The van der Waals surface area contributed by atoms with Gasteiger partial charge < -0.3 is 10.8 Å². The minimum Gasteiger partial charge on any atom is -0.508 e. The number of nitrogens with zero attached hydrogens (tertiary/aromatic N) is 1. The number of hydrogen-bond acceptors (Lipinski definition) is 3. The van der Waals surface area contributed by atoms with Crippen LogP contribution < -0.4 is 5.73 Å². The molecule has 18 heavy (non-hydrogen) atoms. The highest BCUT2D eigenvalue weighted by atomic mass is 19.1. The van der Waals surface area contributed by atoms with E-state index in [4.69, 9.17) is 5.73 Å². The molecule has 0 saturated heterocycles. The lowest BCUT2D eigenvalue weighted by atomic mass is 10.1. The first-order valence-corrected chi connectivity index (χ1v) is 5.85. The lowest BCUT2D eigenvalue weighted by molar-refractivity contribution is 0.473. The average molecular weight is 244 g/mol. The van der Waals surface area contributed by atoms with Crippen molar-refractivity contribution in [1.82, 2.24) is 4.98 Å². The van der Waals surface area contributed by atoms with Crippen LogP contribution in [0.1, 0.15) is 17.9 Å². The Morgan fingerprint density at radius 3 is 2.67 bits per heavy atom. The van der Waals surface area contributed by atoms with Crippen molar-refractivity contribution in [3.8, 4) is 17.0 Å². The number of benzene rings is 1. The number of rotatable bonds is 2. The molecular weight excluding hydrogens is 231 g/mol. The first-order chi connectivity index (χ1) is 8.65. The summed E-state index contributed by atoms with van der Waals surface area (Å²) in [5.74, 6) is 0.0261. The molecule has 92 valence electrons. The van der Waals surface area contributed by atoms with E-state index in [1.165, 1.54) is 18.2 Å². The molecule has 0 bridgehead atoms. The zero-order valence-electron chi connectivity index (χ0n) is 9.68. The maximum atomic E-state index is 13.6. The summed E-state index contributed by atoms with van der Waals surface area (Å²) >= 11 is 0. The summed E-state index contributed by atoms with van der Waals surface area (Å²) in [6.07, 6.45) is 2.72. The van der Waals surface area contributed by atoms with E-state index in [1.807, 2.05) is 6.07 Å². The molecule has 1 aliphatic rings. The topological polar surface area (TPSA) is 59.1 Å². The molecular formula is C14H13FN2O. The van der Waals surface area contributed by atoms with Crippen LogP contribution in [0.2, 0.25) is 0 Å². The standard InChI is InChI=1S/C14H13FN2O/c15-12-3-2-9(18)5-11(12)14-4-1-8(7-17-14)10-6-13(10)16/h1-5,7,10,13,18H,6,16H2/t10-,13+/m0/s1. The molecule has 1 fully saturated rings. The summed E-state index contributed by atoms with van der Waals surface area (Å²) in [5.41, 5.74) is 7.68. The highest BCUT2D eigenvalue weighted by Crippen LogP contribution is 2.39. The summed E-state index contributed by atoms with van der Waals surface area (Å²) < 4.78 is 13.6. The molecule has 0 aliphatic heterocycles. The van der Waals surface area contributed by atoms with E-state index in [2.05, 4.69) is 4.98 Å². The van der Waals surface area contributed by atoms with E-state index < -0.39 is 5.82 Å². The number of pyridine rings is 1. The number of hydrogen-bond donors (Lipinski definition) is 2. The fourth-order valence-electron chi connectivity index (χ4n) is 2.09. The van der Waals surface area contributed by atoms with Crippen molar-refractivity contribution < 1.29 is 9.50 Å². The lowest BCUT2D eigenvalue weighted by Gasteiger charge is -2.05. The third-order valence-corrected chi connectivity index (χ3v) is 3.28.